The Morgan fingerprint density at radius 2 is 1.92 bits per heavy atom. The Labute approximate surface area is 77.2 Å². The van der Waals surface area contributed by atoms with Gasteiger partial charge in [0, 0.05) is 12.4 Å². The Morgan fingerprint density at radius 3 is 2.75 bits per heavy atom. The predicted octanol–water partition coefficient (Wildman–Crippen LogP) is 1.49. The highest BCUT2D eigenvalue weighted by atomic mass is 79.9. The molecule has 2 rings (SSSR count). The second-order valence-corrected chi connectivity index (χ2v) is 3.04. The van der Waals surface area contributed by atoms with E-state index in [0.717, 1.165) is 0 Å². The average Bonchev–Trinajstić information content (AvgIpc) is 2.04. The van der Waals surface area contributed by atoms with Crippen LogP contribution in [0.4, 0.5) is 0 Å². The van der Waals surface area contributed by atoms with Crippen LogP contribution in [0.2, 0.25) is 0 Å². The van der Waals surface area contributed by atoms with Gasteiger partial charge in [0.1, 0.15) is 15.9 Å². The molecule has 0 aliphatic carbocycles. The summed E-state index contributed by atoms with van der Waals surface area (Å²) in [7, 11) is 0. The van der Waals surface area contributed by atoms with Crippen LogP contribution in [-0.2, 0) is 0 Å². The van der Waals surface area contributed by atoms with Crippen LogP contribution in [0.3, 0.4) is 0 Å². The molecule has 0 radical (unpaired) electrons. The van der Waals surface area contributed by atoms with Crippen molar-refractivity contribution >= 4 is 27.1 Å². The van der Waals surface area contributed by atoms with Crippen molar-refractivity contribution in [1.82, 2.24) is 19.9 Å². The molecule has 2 aromatic rings. The Kier molecular flexibility index (Phi) is 1.73. The van der Waals surface area contributed by atoms with Gasteiger partial charge in [-0.2, -0.15) is 0 Å². The number of hydrogen-bond donors (Lipinski definition) is 0. The van der Waals surface area contributed by atoms with Gasteiger partial charge in [0.2, 0.25) is 0 Å². The van der Waals surface area contributed by atoms with Crippen LogP contribution in [0.25, 0.3) is 11.2 Å². The van der Waals surface area contributed by atoms with Crippen molar-refractivity contribution in [3.8, 4) is 0 Å². The average molecular weight is 225 g/mol. The molecular weight excluding hydrogens is 220 g/mol. The number of hydrogen-bond acceptors (Lipinski definition) is 4. The first-order valence-electron chi connectivity index (χ1n) is 3.38. The van der Waals surface area contributed by atoms with Gasteiger partial charge in [-0.05, 0) is 22.9 Å². The molecule has 0 aromatic carbocycles. The number of nitrogens with zero attached hydrogens (tertiary/aromatic N) is 4. The van der Waals surface area contributed by atoms with E-state index in [2.05, 4.69) is 35.9 Å². The summed E-state index contributed by atoms with van der Waals surface area (Å²) in [5, 5.41) is 0. The van der Waals surface area contributed by atoms with E-state index in [1.54, 1.807) is 12.4 Å². The molecule has 0 atom stereocenters. The lowest BCUT2D eigenvalue weighted by atomic mass is 10.5. The highest BCUT2D eigenvalue weighted by Gasteiger charge is 2.03. The Hall–Kier alpha value is -1.10. The molecule has 0 N–H and O–H groups in total. The number of fused-ring (bicyclic) bond motifs is 1. The van der Waals surface area contributed by atoms with Gasteiger partial charge >= 0.3 is 0 Å². The molecule has 60 valence electrons. The summed E-state index contributed by atoms with van der Waals surface area (Å²) in [6, 6.07) is 0. The zero-order valence-electron chi connectivity index (χ0n) is 6.32. The van der Waals surface area contributed by atoms with E-state index in [1.807, 2.05) is 6.92 Å². The van der Waals surface area contributed by atoms with E-state index in [-0.39, 0.29) is 0 Å². The van der Waals surface area contributed by atoms with Crippen molar-refractivity contribution in [2.45, 2.75) is 6.92 Å². The maximum atomic E-state index is 4.12. The Balaban J connectivity index is 2.89. The maximum absolute atomic E-state index is 4.12. The van der Waals surface area contributed by atoms with Crippen molar-refractivity contribution in [1.29, 1.82) is 0 Å². The lowest BCUT2D eigenvalue weighted by Gasteiger charge is -1.97. The fourth-order valence-corrected chi connectivity index (χ4v) is 1.47. The third kappa shape index (κ3) is 1.16. The van der Waals surface area contributed by atoms with Crippen molar-refractivity contribution < 1.29 is 0 Å². The van der Waals surface area contributed by atoms with E-state index in [4.69, 9.17) is 0 Å². The van der Waals surface area contributed by atoms with Crippen LogP contribution in [0.5, 0.6) is 0 Å². The first kappa shape index (κ1) is 7.54. The van der Waals surface area contributed by atoms with Gasteiger partial charge in [0.25, 0.3) is 0 Å². The lowest BCUT2D eigenvalue weighted by molar-refractivity contribution is 1.04. The normalized spacial score (nSPS) is 10.5. The third-order valence-electron chi connectivity index (χ3n) is 1.40. The van der Waals surface area contributed by atoms with Gasteiger partial charge in [-0.25, -0.2) is 19.9 Å². The molecule has 2 heterocycles. The molecule has 0 amide bonds. The van der Waals surface area contributed by atoms with Crippen LogP contribution in [0, 0.1) is 6.92 Å². The molecule has 12 heavy (non-hydrogen) atoms. The summed E-state index contributed by atoms with van der Waals surface area (Å²) in [5.74, 6) is 0.690. The van der Waals surface area contributed by atoms with Crippen molar-refractivity contribution in [3.63, 3.8) is 0 Å². The first-order chi connectivity index (χ1) is 5.77. The third-order valence-corrected chi connectivity index (χ3v) is 1.95. The molecule has 0 aliphatic heterocycles. The first-order valence-corrected chi connectivity index (χ1v) is 4.17. The molecule has 0 aliphatic rings. The molecule has 0 saturated carbocycles. The fraction of sp³-hybridized carbons (Fsp3) is 0.143. The number of aromatic nitrogens is 4. The van der Waals surface area contributed by atoms with Gasteiger partial charge in [0.05, 0.1) is 0 Å². The van der Waals surface area contributed by atoms with E-state index < -0.39 is 0 Å². The van der Waals surface area contributed by atoms with Crippen LogP contribution >= 0.6 is 15.9 Å². The molecule has 0 saturated heterocycles. The molecular formula is C7H5BrN4. The highest BCUT2D eigenvalue weighted by Crippen LogP contribution is 2.15. The van der Waals surface area contributed by atoms with E-state index in [0.29, 0.717) is 21.6 Å². The molecule has 5 heteroatoms. The molecule has 4 nitrogen and oxygen atoms in total. The van der Waals surface area contributed by atoms with Crippen LogP contribution in [0.1, 0.15) is 5.82 Å². The van der Waals surface area contributed by atoms with E-state index in [1.165, 1.54) is 0 Å². The zero-order valence-corrected chi connectivity index (χ0v) is 7.91. The zero-order chi connectivity index (χ0) is 8.55. The van der Waals surface area contributed by atoms with Crippen LogP contribution in [0.15, 0.2) is 17.0 Å². The second-order valence-electron chi connectivity index (χ2n) is 2.29. The van der Waals surface area contributed by atoms with Crippen molar-refractivity contribution in [2.24, 2.45) is 0 Å². The summed E-state index contributed by atoms with van der Waals surface area (Å²) in [4.78, 5) is 16.4. The predicted molar refractivity (Wildman–Crippen MR) is 47.6 cm³/mol. The number of rotatable bonds is 0. The topological polar surface area (TPSA) is 51.6 Å². The standard InChI is InChI=1S/C7H5BrN4/c1-4-11-6(8)5-7(12-4)10-3-2-9-5/h2-3H,1H3. The van der Waals surface area contributed by atoms with E-state index >= 15 is 0 Å². The minimum atomic E-state index is 0.622. The molecule has 2 aromatic heterocycles. The van der Waals surface area contributed by atoms with Gasteiger partial charge in [-0.1, -0.05) is 0 Å². The smallest absolute Gasteiger partial charge is 0.182 e. The SMILES string of the molecule is Cc1nc(Br)c2nccnc2n1. The van der Waals surface area contributed by atoms with Gasteiger partial charge in [-0.3, -0.25) is 0 Å². The van der Waals surface area contributed by atoms with Crippen LogP contribution < -0.4 is 0 Å². The minimum absolute atomic E-state index is 0.622. The summed E-state index contributed by atoms with van der Waals surface area (Å²) in [5.41, 5.74) is 1.32. The summed E-state index contributed by atoms with van der Waals surface area (Å²) < 4.78 is 0.693. The highest BCUT2D eigenvalue weighted by molar-refractivity contribution is 9.10. The molecule has 0 unspecified atom stereocenters. The largest absolute Gasteiger partial charge is 0.248 e. The minimum Gasteiger partial charge on any atom is -0.248 e. The van der Waals surface area contributed by atoms with E-state index in [9.17, 15) is 0 Å². The van der Waals surface area contributed by atoms with Gasteiger partial charge in [0.15, 0.2) is 5.65 Å². The van der Waals surface area contributed by atoms with Gasteiger partial charge < -0.3 is 0 Å². The fourth-order valence-electron chi connectivity index (χ4n) is 0.931. The van der Waals surface area contributed by atoms with Crippen molar-refractivity contribution in [2.75, 3.05) is 0 Å². The number of halogens is 1. The molecule has 0 bridgehead atoms. The van der Waals surface area contributed by atoms with Gasteiger partial charge in [-0.15, -0.1) is 0 Å². The molecule has 0 spiro atoms. The summed E-state index contributed by atoms with van der Waals surface area (Å²) >= 11 is 3.29. The lowest BCUT2D eigenvalue weighted by Crippen LogP contribution is -1.93. The number of aryl methyl sites for hydroxylation is 1. The van der Waals surface area contributed by atoms with Crippen molar-refractivity contribution in [3.05, 3.63) is 22.8 Å². The molecule has 0 fully saturated rings. The summed E-state index contributed by atoms with van der Waals surface area (Å²) in [6.07, 6.45) is 3.23. The Morgan fingerprint density at radius 1 is 1.17 bits per heavy atom. The quantitative estimate of drug-likeness (QED) is 0.637. The maximum Gasteiger partial charge on any atom is 0.182 e. The monoisotopic (exact) mass is 224 g/mol. The Bertz CT molecular complexity index is 429. The second kappa shape index (κ2) is 2.75. The summed E-state index contributed by atoms with van der Waals surface area (Å²) in [6.45, 7) is 1.82. The van der Waals surface area contributed by atoms with Crippen LogP contribution in [-0.4, -0.2) is 19.9 Å².